The maximum Gasteiger partial charge on any atom is 0.313 e. The van der Waals surface area contributed by atoms with E-state index in [2.05, 4.69) is 5.32 Å². The molecule has 10 heteroatoms. The van der Waals surface area contributed by atoms with Crippen LogP contribution in [0.25, 0.3) is 0 Å². The minimum Gasteiger partial charge on any atom is -0.460 e. The van der Waals surface area contributed by atoms with E-state index in [0.29, 0.717) is 38.8 Å². The first-order valence-electron chi connectivity index (χ1n) is 15.0. The van der Waals surface area contributed by atoms with E-state index >= 15 is 0 Å². The van der Waals surface area contributed by atoms with Crippen molar-refractivity contribution in [3.63, 3.8) is 0 Å². The number of hydrogen-bond acceptors (Lipinski definition) is 7. The van der Waals surface area contributed by atoms with Crippen molar-refractivity contribution in [2.45, 2.75) is 76.7 Å². The quantitative estimate of drug-likeness (QED) is 0.301. The molecule has 42 heavy (non-hydrogen) atoms. The van der Waals surface area contributed by atoms with Gasteiger partial charge in [0.2, 0.25) is 11.8 Å². The number of unbranched alkanes of at least 4 members (excludes halogenated alkanes) is 2. The fourth-order valence-electron chi connectivity index (χ4n) is 6.70. The molecule has 0 aromatic heterocycles. The van der Waals surface area contributed by atoms with Crippen molar-refractivity contribution in [3.05, 3.63) is 53.6 Å². The molecule has 0 bridgehead atoms. The van der Waals surface area contributed by atoms with Gasteiger partial charge in [0.15, 0.2) is 0 Å². The van der Waals surface area contributed by atoms with E-state index < -0.39 is 41.7 Å². The Morgan fingerprint density at radius 2 is 1.88 bits per heavy atom. The number of aryl methyl sites for hydroxylation is 2. The minimum absolute atomic E-state index is 0.0513. The minimum atomic E-state index is -1.37. The number of cyclic esters (lactones) is 1. The zero-order valence-electron chi connectivity index (χ0n) is 24.6. The van der Waals surface area contributed by atoms with Crippen LogP contribution >= 0.6 is 0 Å². The van der Waals surface area contributed by atoms with Crippen LogP contribution < -0.4 is 10.2 Å². The molecule has 6 atom stereocenters. The monoisotopic (exact) mass is 579 g/mol. The number of anilines is 1. The van der Waals surface area contributed by atoms with Gasteiger partial charge in [-0.1, -0.05) is 36.4 Å². The van der Waals surface area contributed by atoms with E-state index in [9.17, 15) is 24.3 Å². The second-order valence-electron chi connectivity index (χ2n) is 11.8. The number of nitrogens with one attached hydrogen (secondary N) is 1. The molecule has 2 saturated heterocycles. The Balaban J connectivity index is 1.57. The van der Waals surface area contributed by atoms with Crippen LogP contribution in [0.5, 0.6) is 0 Å². The second kappa shape index (κ2) is 12.4. The first-order valence-corrected chi connectivity index (χ1v) is 15.0. The van der Waals surface area contributed by atoms with E-state index in [-0.39, 0.29) is 37.3 Å². The fraction of sp³-hybridized carbons (Fsp3) is 0.562. The lowest BCUT2D eigenvalue weighted by Crippen LogP contribution is -2.55. The van der Waals surface area contributed by atoms with E-state index in [1.165, 1.54) is 0 Å². The van der Waals surface area contributed by atoms with Crippen LogP contribution in [-0.2, 0) is 28.7 Å². The molecule has 10 nitrogen and oxygen atoms in total. The average molecular weight is 580 g/mol. The normalized spacial score (nSPS) is 32.2. The highest BCUT2D eigenvalue weighted by Crippen LogP contribution is 2.53. The Kier molecular flexibility index (Phi) is 8.84. The number of allylic oxidation sites excluding steroid dienone is 1. The van der Waals surface area contributed by atoms with Crippen LogP contribution in [0.4, 0.5) is 5.69 Å². The van der Waals surface area contributed by atoms with Gasteiger partial charge in [-0.25, -0.2) is 0 Å². The molecule has 4 heterocycles. The number of nitrogens with zero attached hydrogens (tertiary/aromatic N) is 2. The Morgan fingerprint density at radius 1 is 1.07 bits per heavy atom. The number of carbonyl (C=O) groups excluding carboxylic acids is 4. The topological polar surface area (TPSA) is 125 Å². The summed E-state index contributed by atoms with van der Waals surface area (Å²) in [6, 6.07) is 4.96. The van der Waals surface area contributed by atoms with Gasteiger partial charge in [-0.2, -0.15) is 0 Å². The summed E-state index contributed by atoms with van der Waals surface area (Å²) in [5.74, 6) is -3.20. The molecule has 0 aliphatic carbocycles. The van der Waals surface area contributed by atoms with Crippen LogP contribution in [0.15, 0.2) is 42.5 Å². The van der Waals surface area contributed by atoms with Crippen LogP contribution in [0.3, 0.4) is 0 Å². The molecule has 226 valence electrons. The van der Waals surface area contributed by atoms with Crippen molar-refractivity contribution in [1.82, 2.24) is 10.2 Å². The fourth-order valence-corrected chi connectivity index (χ4v) is 6.70. The standard InChI is InChI=1S/C32H41N3O7/c1-20-12-13-21(2)23(18-20)34-16-9-14-32-27(29(38)35(28(32)30(34)39)15-7-4-8-17-36)26-24(42-32)10-5-6-11-25(37)33-19-22(3)41-31(26)40/h5,9-10,12-14,18,22,24,26-28,36H,4,6-8,11,15-17,19H2,1-3H3,(H,33,37)/b10-5-/t22-,24-,26+,27+,28-,32+/m1/s1. The summed E-state index contributed by atoms with van der Waals surface area (Å²) in [5, 5.41) is 12.1. The van der Waals surface area contributed by atoms with E-state index in [4.69, 9.17) is 9.47 Å². The third-order valence-electron chi connectivity index (χ3n) is 8.75. The first-order chi connectivity index (χ1) is 20.2. The number of aliphatic hydroxyl groups is 1. The number of hydrogen-bond donors (Lipinski definition) is 2. The van der Waals surface area contributed by atoms with Crippen LogP contribution in [0.2, 0.25) is 0 Å². The zero-order chi connectivity index (χ0) is 30.0. The van der Waals surface area contributed by atoms with Gasteiger partial charge in [0.05, 0.1) is 18.6 Å². The molecule has 4 aliphatic heterocycles. The molecule has 2 N–H and O–H groups in total. The highest BCUT2D eigenvalue weighted by molar-refractivity contribution is 6.06. The van der Waals surface area contributed by atoms with Crippen molar-refractivity contribution in [1.29, 1.82) is 0 Å². The number of benzene rings is 1. The molecule has 0 unspecified atom stereocenters. The molecule has 0 radical (unpaired) electrons. The summed E-state index contributed by atoms with van der Waals surface area (Å²) in [6.07, 6.45) is 8.41. The van der Waals surface area contributed by atoms with Gasteiger partial charge in [0, 0.05) is 31.8 Å². The summed E-state index contributed by atoms with van der Waals surface area (Å²) in [6.45, 7) is 6.44. The maximum atomic E-state index is 14.6. The number of fused-ring (bicyclic) bond motifs is 2. The molecule has 3 amide bonds. The highest BCUT2D eigenvalue weighted by Gasteiger charge is 2.71. The van der Waals surface area contributed by atoms with Crippen molar-refractivity contribution in [3.8, 4) is 0 Å². The molecule has 1 aromatic carbocycles. The molecular formula is C32H41N3O7. The number of carbonyl (C=O) groups is 4. The average Bonchev–Trinajstić information content (AvgIpc) is 3.33. The number of aliphatic hydroxyl groups excluding tert-OH is 1. The molecule has 5 rings (SSSR count). The van der Waals surface area contributed by atoms with Crippen molar-refractivity contribution >= 4 is 29.4 Å². The van der Waals surface area contributed by atoms with Gasteiger partial charge >= 0.3 is 5.97 Å². The predicted octanol–water partition coefficient (Wildman–Crippen LogP) is 2.35. The molecule has 4 aliphatic rings. The third-order valence-corrected chi connectivity index (χ3v) is 8.75. The van der Waals surface area contributed by atoms with Crippen molar-refractivity contribution in [2.75, 3.05) is 31.1 Å². The van der Waals surface area contributed by atoms with Gasteiger partial charge in [-0.05, 0) is 63.6 Å². The molecule has 0 saturated carbocycles. The Labute approximate surface area is 246 Å². The Bertz CT molecular complexity index is 1290. The van der Waals surface area contributed by atoms with Crippen LogP contribution in [0.1, 0.15) is 50.2 Å². The zero-order valence-corrected chi connectivity index (χ0v) is 24.6. The summed E-state index contributed by atoms with van der Waals surface area (Å²) in [7, 11) is 0. The lowest BCUT2D eigenvalue weighted by molar-refractivity contribution is -0.158. The lowest BCUT2D eigenvalue weighted by Gasteiger charge is -2.35. The Hall–Kier alpha value is -3.50. The number of rotatable bonds is 6. The van der Waals surface area contributed by atoms with Gasteiger partial charge in [-0.15, -0.1) is 0 Å². The van der Waals surface area contributed by atoms with Crippen LogP contribution in [-0.4, -0.2) is 83.8 Å². The van der Waals surface area contributed by atoms with Gasteiger partial charge in [0.25, 0.3) is 5.91 Å². The summed E-state index contributed by atoms with van der Waals surface area (Å²) in [5.41, 5.74) is 1.35. The number of amides is 3. The molecule has 1 spiro atoms. The smallest absolute Gasteiger partial charge is 0.313 e. The lowest BCUT2D eigenvalue weighted by atomic mass is 9.78. The van der Waals surface area contributed by atoms with Crippen molar-refractivity contribution in [2.24, 2.45) is 11.8 Å². The van der Waals surface area contributed by atoms with Crippen molar-refractivity contribution < 1.29 is 33.8 Å². The number of ether oxygens (including phenoxy) is 2. The maximum absolute atomic E-state index is 14.6. The SMILES string of the molecule is Cc1ccc(C)c(N2CC=C[C@]34O[C@@H]5/C=C\CCC(=O)NC[C@@H](C)OC(=O)[C@@H]5[C@H]3C(=O)N(CCCCCO)[C@@H]4C2=O)c1. The molecular weight excluding hydrogens is 538 g/mol. The molecule has 2 fully saturated rings. The summed E-state index contributed by atoms with van der Waals surface area (Å²) >= 11 is 0. The number of likely N-dealkylation sites (tertiary alicyclic amines) is 1. The summed E-state index contributed by atoms with van der Waals surface area (Å²) < 4.78 is 12.5. The van der Waals surface area contributed by atoms with Gasteiger partial charge in [0.1, 0.15) is 23.7 Å². The predicted molar refractivity (Wildman–Crippen MR) is 155 cm³/mol. The van der Waals surface area contributed by atoms with Gasteiger partial charge < -0.3 is 29.7 Å². The van der Waals surface area contributed by atoms with Crippen LogP contribution in [0, 0.1) is 25.7 Å². The van der Waals surface area contributed by atoms with Gasteiger partial charge in [-0.3, -0.25) is 19.2 Å². The Morgan fingerprint density at radius 3 is 2.67 bits per heavy atom. The number of esters is 1. The first kappa shape index (κ1) is 30.0. The highest BCUT2D eigenvalue weighted by atomic mass is 16.6. The van der Waals surface area contributed by atoms with E-state index in [1.54, 1.807) is 28.9 Å². The van der Waals surface area contributed by atoms with E-state index in [1.807, 2.05) is 44.2 Å². The largest absolute Gasteiger partial charge is 0.460 e. The summed E-state index contributed by atoms with van der Waals surface area (Å²) in [4.78, 5) is 58.1. The second-order valence-corrected chi connectivity index (χ2v) is 11.8. The third kappa shape index (κ3) is 5.49. The van der Waals surface area contributed by atoms with E-state index in [0.717, 1.165) is 16.8 Å². The molecule has 1 aromatic rings.